The molecule has 62 heavy (non-hydrogen) atoms. The molecule has 0 amide bonds. The maximum absolute atomic E-state index is 12.2. The van der Waals surface area contributed by atoms with E-state index in [1.807, 2.05) is 66.3 Å². The van der Waals surface area contributed by atoms with E-state index in [1.165, 1.54) is 24.3 Å². The first-order chi connectivity index (χ1) is 29.4. The lowest BCUT2D eigenvalue weighted by Crippen LogP contribution is -2.45. The molecule has 0 saturated heterocycles. The van der Waals surface area contributed by atoms with E-state index >= 15 is 0 Å². The Labute approximate surface area is 365 Å². The number of aryl methyl sites for hydroxylation is 2. The maximum Gasteiger partial charge on any atom is 0.349 e. The van der Waals surface area contributed by atoms with Crippen molar-refractivity contribution in [2.45, 2.75) is 105 Å². The van der Waals surface area contributed by atoms with Gasteiger partial charge in [0.25, 0.3) is 0 Å². The molecule has 0 aliphatic rings. The van der Waals surface area contributed by atoms with Crippen molar-refractivity contribution < 1.29 is 48.3 Å². The second-order valence-corrected chi connectivity index (χ2v) is 15.0. The van der Waals surface area contributed by atoms with Gasteiger partial charge in [-0.2, -0.15) is 0 Å². The number of carbonyl (C=O) groups is 4. The van der Waals surface area contributed by atoms with Gasteiger partial charge in [-0.05, 0) is 130 Å². The molecule has 4 rings (SSSR count). The molecule has 4 aromatic rings. The van der Waals surface area contributed by atoms with Crippen LogP contribution in [0.4, 0.5) is 0 Å². The second kappa shape index (κ2) is 27.5. The first kappa shape index (κ1) is 51.8. The number of carboxylic acid groups (broad SMARTS) is 2. The number of benzene rings is 2. The average Bonchev–Trinajstić information content (AvgIpc) is 3.22. The maximum atomic E-state index is 12.2. The lowest BCUT2D eigenvalue weighted by Gasteiger charge is -2.21. The van der Waals surface area contributed by atoms with Gasteiger partial charge in [0.15, 0.2) is 0 Å². The van der Waals surface area contributed by atoms with Crippen LogP contribution in [-0.2, 0) is 19.1 Å². The predicted octanol–water partition coefficient (Wildman–Crippen LogP) is 7.98. The van der Waals surface area contributed by atoms with Crippen LogP contribution in [0.3, 0.4) is 0 Å². The van der Waals surface area contributed by atoms with Gasteiger partial charge in [0, 0.05) is 24.5 Å². The molecule has 14 heteroatoms. The summed E-state index contributed by atoms with van der Waals surface area (Å²) in [4.78, 5) is 55.7. The first-order valence-corrected chi connectivity index (χ1v) is 20.3. The van der Waals surface area contributed by atoms with E-state index < -0.39 is 36.1 Å². The van der Waals surface area contributed by atoms with Crippen molar-refractivity contribution in [1.82, 2.24) is 20.6 Å². The molecule has 0 saturated carbocycles. The third-order valence-electron chi connectivity index (χ3n) is 8.60. The summed E-state index contributed by atoms with van der Waals surface area (Å²) in [6.45, 7) is 15.9. The third-order valence-corrected chi connectivity index (χ3v) is 8.60. The highest BCUT2D eigenvalue weighted by Crippen LogP contribution is 2.17. The Hall–Kier alpha value is -6.38. The number of aromatic nitrogens is 2. The Morgan fingerprint density at radius 3 is 1.21 bits per heavy atom. The van der Waals surface area contributed by atoms with Crippen LogP contribution < -0.4 is 20.1 Å². The minimum absolute atomic E-state index is 0.0332. The van der Waals surface area contributed by atoms with E-state index in [9.17, 15) is 29.4 Å². The van der Waals surface area contributed by atoms with Crippen molar-refractivity contribution in [3.05, 3.63) is 131 Å². The zero-order chi connectivity index (χ0) is 46.2. The van der Waals surface area contributed by atoms with E-state index in [0.717, 1.165) is 46.6 Å². The van der Waals surface area contributed by atoms with Gasteiger partial charge in [-0.25, -0.2) is 19.2 Å². The summed E-state index contributed by atoms with van der Waals surface area (Å²) in [6.07, 6.45) is 13.6. The fraction of sp³-hybridized carbons (Fsp3) is 0.375. The molecule has 4 atom stereocenters. The van der Waals surface area contributed by atoms with Crippen LogP contribution in [0, 0.1) is 13.8 Å². The quantitative estimate of drug-likeness (QED) is 0.0663. The Morgan fingerprint density at radius 1 is 0.581 bits per heavy atom. The first-order valence-electron chi connectivity index (χ1n) is 20.3. The summed E-state index contributed by atoms with van der Waals surface area (Å²) in [6, 6.07) is 17.1. The molecule has 0 spiro atoms. The molecule has 0 aliphatic carbocycles. The molecule has 2 aromatic heterocycles. The van der Waals surface area contributed by atoms with E-state index in [-0.39, 0.29) is 23.3 Å². The largest absolute Gasteiger partial charge is 0.489 e. The number of ether oxygens (including phenoxy) is 4. The van der Waals surface area contributed by atoms with Gasteiger partial charge >= 0.3 is 23.9 Å². The SMILES string of the molecule is CN[C@@H](C)C/C=C/c1cncc(OC(C)C)c1.CN[C@@H](C)C/C=C/c1cncc(OC(C)C)c1.Cc1ccc(C(=O)O[C@H](C(=O)O)[C@H](OC(=O)c2ccc(C)cc2)C(=O)O)cc1. The van der Waals surface area contributed by atoms with Crippen LogP contribution in [0.2, 0.25) is 0 Å². The number of rotatable bonds is 19. The summed E-state index contributed by atoms with van der Waals surface area (Å²) in [5, 5.41) is 25.0. The summed E-state index contributed by atoms with van der Waals surface area (Å²) < 4.78 is 20.8. The topological polar surface area (TPSA) is 195 Å². The Bertz CT molecular complexity index is 1900. The van der Waals surface area contributed by atoms with E-state index in [4.69, 9.17) is 18.9 Å². The van der Waals surface area contributed by atoms with Crippen molar-refractivity contribution in [3.8, 4) is 11.5 Å². The van der Waals surface area contributed by atoms with Crippen LogP contribution in [0.5, 0.6) is 11.5 Å². The highest BCUT2D eigenvalue weighted by molar-refractivity contribution is 5.95. The molecular weight excluding hydrogens is 793 g/mol. The van der Waals surface area contributed by atoms with Crippen molar-refractivity contribution >= 4 is 36.0 Å². The Morgan fingerprint density at radius 2 is 0.919 bits per heavy atom. The normalized spacial score (nSPS) is 12.9. The number of hydrogen-bond donors (Lipinski definition) is 4. The molecule has 2 heterocycles. The van der Waals surface area contributed by atoms with Crippen molar-refractivity contribution in [2.75, 3.05) is 14.1 Å². The lowest BCUT2D eigenvalue weighted by atomic mass is 10.1. The molecule has 0 radical (unpaired) electrons. The van der Waals surface area contributed by atoms with Crippen LogP contribution in [0.25, 0.3) is 12.2 Å². The van der Waals surface area contributed by atoms with Crippen molar-refractivity contribution in [3.63, 3.8) is 0 Å². The highest BCUT2D eigenvalue weighted by atomic mass is 16.6. The molecule has 334 valence electrons. The fourth-order valence-corrected chi connectivity index (χ4v) is 5.01. The number of esters is 2. The Balaban J connectivity index is 0.000000338. The number of nitrogens with one attached hydrogen (secondary N) is 2. The molecule has 0 aliphatic heterocycles. The van der Waals surface area contributed by atoms with E-state index in [0.29, 0.717) is 12.1 Å². The lowest BCUT2D eigenvalue weighted by molar-refractivity contribution is -0.166. The summed E-state index contributed by atoms with van der Waals surface area (Å²) in [7, 11) is 3.94. The van der Waals surface area contributed by atoms with Gasteiger partial charge in [-0.1, -0.05) is 59.7 Å². The van der Waals surface area contributed by atoms with E-state index in [2.05, 4.69) is 58.8 Å². The molecule has 14 nitrogen and oxygen atoms in total. The number of pyridine rings is 2. The minimum atomic E-state index is -2.22. The smallest absolute Gasteiger partial charge is 0.349 e. The predicted molar refractivity (Wildman–Crippen MR) is 240 cm³/mol. The van der Waals surface area contributed by atoms with Gasteiger partial charge in [0.2, 0.25) is 12.2 Å². The molecular formula is C48H62N4O10. The van der Waals surface area contributed by atoms with Gasteiger partial charge in [-0.3, -0.25) is 9.97 Å². The molecule has 0 bridgehead atoms. The number of nitrogens with zero attached hydrogens (tertiary/aromatic N) is 2. The van der Waals surface area contributed by atoms with Gasteiger partial charge in [-0.15, -0.1) is 0 Å². The third kappa shape index (κ3) is 20.3. The monoisotopic (exact) mass is 854 g/mol. The van der Waals surface area contributed by atoms with Crippen molar-refractivity contribution in [2.24, 2.45) is 0 Å². The average molecular weight is 855 g/mol. The Kier molecular flexibility index (Phi) is 22.9. The summed E-state index contributed by atoms with van der Waals surface area (Å²) in [5.41, 5.74) is 3.94. The highest BCUT2D eigenvalue weighted by Gasteiger charge is 2.41. The molecule has 4 N–H and O–H groups in total. The van der Waals surface area contributed by atoms with Crippen LogP contribution in [0.15, 0.2) is 97.6 Å². The standard InChI is InChI=1S/C20H18O8.2C14H22N2O/c1-11-3-7-13(8-4-11)19(25)27-15(17(21)22)16(18(23)24)28-20(26)14-9-5-12(2)6-10-14;2*1-11(2)17-14-8-13(9-16-10-14)7-5-6-12(3)15-4/h3-10,15-16H,1-2H3,(H,21,22)(H,23,24);2*5,7-12,15H,6H2,1-4H3/b;2*7-5+/t15-,16-;2*12-/m000/s1. The van der Waals surface area contributed by atoms with Crippen LogP contribution in [-0.4, -0.2) is 94.7 Å². The van der Waals surface area contributed by atoms with Gasteiger partial charge < -0.3 is 39.8 Å². The summed E-state index contributed by atoms with van der Waals surface area (Å²) >= 11 is 0. The number of hydrogen-bond acceptors (Lipinski definition) is 12. The molecule has 0 unspecified atom stereocenters. The molecule has 2 aromatic carbocycles. The molecule has 0 fully saturated rings. The van der Waals surface area contributed by atoms with Crippen LogP contribution in [0.1, 0.15) is 97.4 Å². The van der Waals surface area contributed by atoms with Crippen LogP contribution >= 0.6 is 0 Å². The summed E-state index contributed by atoms with van der Waals surface area (Å²) in [5.74, 6) is -3.98. The van der Waals surface area contributed by atoms with Gasteiger partial charge in [0.1, 0.15) is 11.5 Å². The minimum Gasteiger partial charge on any atom is -0.489 e. The van der Waals surface area contributed by atoms with Gasteiger partial charge in [0.05, 0.1) is 35.7 Å². The second-order valence-electron chi connectivity index (χ2n) is 15.0. The fourth-order valence-electron chi connectivity index (χ4n) is 5.01. The number of aliphatic carboxylic acids is 2. The number of carboxylic acids is 2. The number of carbonyl (C=O) groups excluding carboxylic acids is 2. The zero-order valence-corrected chi connectivity index (χ0v) is 37.3. The van der Waals surface area contributed by atoms with Crippen molar-refractivity contribution in [1.29, 1.82) is 0 Å². The zero-order valence-electron chi connectivity index (χ0n) is 37.3. The van der Waals surface area contributed by atoms with E-state index in [1.54, 1.807) is 50.5 Å².